The lowest BCUT2D eigenvalue weighted by molar-refractivity contribution is -0.893. The Morgan fingerprint density at radius 1 is 1.44 bits per heavy atom. The van der Waals surface area contributed by atoms with Gasteiger partial charge in [0.25, 0.3) is 5.91 Å². The van der Waals surface area contributed by atoms with Gasteiger partial charge in [0.05, 0.1) is 20.1 Å². The van der Waals surface area contributed by atoms with E-state index < -0.39 is 35.2 Å². The number of quaternary nitrogens is 1. The monoisotopic (exact) mass is 481 g/mol. The average molecular weight is 482 g/mol. The van der Waals surface area contributed by atoms with Crippen LogP contribution < -0.4 is 11.1 Å². The van der Waals surface area contributed by atoms with Crippen LogP contribution >= 0.6 is 23.1 Å². The number of β-lactam (4-membered cyclic amide) rings is 1. The van der Waals surface area contributed by atoms with E-state index in [1.807, 2.05) is 5.41 Å². The molecule has 0 bridgehead atoms. The number of aromatic nitrogens is 1. The minimum atomic E-state index is -1.06. The van der Waals surface area contributed by atoms with Crippen molar-refractivity contribution in [2.75, 3.05) is 39.5 Å². The van der Waals surface area contributed by atoms with Gasteiger partial charge in [-0.15, -0.1) is 23.1 Å². The van der Waals surface area contributed by atoms with Gasteiger partial charge in [0.2, 0.25) is 5.91 Å². The third-order valence-corrected chi connectivity index (χ3v) is 7.85. The second-order valence-electron chi connectivity index (χ2n) is 8.28. The predicted octanol–water partition coefficient (Wildman–Crippen LogP) is 0.0532. The lowest BCUT2D eigenvalue weighted by atomic mass is 9.97. The molecule has 4 N–H and O–H groups in total. The zero-order valence-corrected chi connectivity index (χ0v) is 19.3. The van der Waals surface area contributed by atoms with Crippen molar-refractivity contribution in [3.8, 4) is 0 Å². The SMILES string of the molecule is CO/N=C(\C(=O)N[C@@H]1C(=O)N2C(C(=O)O)C(C[N+]3(C)CCCC3)=CS[C@H]12)c1csc(N)n1. The van der Waals surface area contributed by atoms with Crippen LogP contribution in [0.4, 0.5) is 5.13 Å². The van der Waals surface area contributed by atoms with Gasteiger partial charge in [-0.1, -0.05) is 5.16 Å². The molecule has 13 heteroatoms. The van der Waals surface area contributed by atoms with E-state index in [0.29, 0.717) is 6.54 Å². The number of carboxylic acids is 1. The summed E-state index contributed by atoms with van der Waals surface area (Å²) in [7, 11) is 3.41. The maximum Gasteiger partial charge on any atom is 0.331 e. The van der Waals surface area contributed by atoms with Gasteiger partial charge in [0.1, 0.15) is 30.8 Å². The first-order valence-corrected chi connectivity index (χ1v) is 11.9. The van der Waals surface area contributed by atoms with Crippen molar-refractivity contribution in [2.45, 2.75) is 30.3 Å². The van der Waals surface area contributed by atoms with Gasteiger partial charge in [-0.05, 0) is 5.41 Å². The Bertz CT molecular complexity index is 1000. The summed E-state index contributed by atoms with van der Waals surface area (Å²) in [5.41, 5.74) is 6.49. The number of hydrogen-bond acceptors (Lipinski definition) is 9. The van der Waals surface area contributed by atoms with E-state index in [0.717, 1.165) is 47.3 Å². The third kappa shape index (κ3) is 4.07. The molecular formula is C19H25N6O5S2+. The Labute approximate surface area is 192 Å². The Kier molecular flexibility index (Phi) is 6.14. The molecule has 3 aliphatic rings. The van der Waals surface area contributed by atoms with E-state index in [1.54, 1.807) is 5.38 Å². The number of likely N-dealkylation sites (tertiary alicyclic amines) is 1. The van der Waals surface area contributed by atoms with Gasteiger partial charge < -0.3 is 30.4 Å². The predicted molar refractivity (Wildman–Crippen MR) is 120 cm³/mol. The van der Waals surface area contributed by atoms with E-state index >= 15 is 0 Å². The van der Waals surface area contributed by atoms with Crippen LogP contribution in [0.15, 0.2) is 21.5 Å². The number of fused-ring (bicyclic) bond motifs is 1. The zero-order valence-electron chi connectivity index (χ0n) is 17.7. The fourth-order valence-corrected chi connectivity index (χ4v) is 6.20. The number of thioether (sulfide) groups is 1. The number of nitrogens with one attached hydrogen (secondary N) is 1. The van der Waals surface area contributed by atoms with Gasteiger partial charge in [-0.25, -0.2) is 9.78 Å². The first-order valence-electron chi connectivity index (χ1n) is 10.1. The molecule has 0 aliphatic carbocycles. The molecule has 0 aromatic carbocycles. The number of nitrogens with two attached hydrogens (primary N) is 1. The molecule has 0 spiro atoms. The van der Waals surface area contributed by atoms with Crippen LogP contribution in [0.3, 0.4) is 0 Å². The number of likely N-dealkylation sites (N-methyl/N-ethyl adjacent to an activating group) is 1. The van der Waals surface area contributed by atoms with Gasteiger partial charge in [-0.3, -0.25) is 9.59 Å². The van der Waals surface area contributed by atoms with E-state index in [2.05, 4.69) is 22.5 Å². The first-order chi connectivity index (χ1) is 15.2. The number of carbonyl (C=O) groups excluding carboxylic acids is 2. The molecule has 4 heterocycles. The largest absolute Gasteiger partial charge is 0.479 e. The molecule has 2 fully saturated rings. The fraction of sp³-hybridized carbons (Fsp3) is 0.526. The molecule has 3 aliphatic heterocycles. The summed E-state index contributed by atoms with van der Waals surface area (Å²) >= 11 is 2.50. The molecule has 172 valence electrons. The van der Waals surface area contributed by atoms with Crippen LogP contribution in [-0.2, 0) is 19.2 Å². The average Bonchev–Trinajstić information content (AvgIpc) is 3.37. The first kappa shape index (κ1) is 22.6. The Morgan fingerprint density at radius 3 is 2.75 bits per heavy atom. The van der Waals surface area contributed by atoms with E-state index in [-0.39, 0.29) is 16.5 Å². The number of carbonyl (C=O) groups is 3. The van der Waals surface area contributed by atoms with Crippen molar-refractivity contribution in [3.05, 3.63) is 22.1 Å². The fourth-order valence-electron chi connectivity index (χ4n) is 4.44. The molecule has 2 amide bonds. The number of anilines is 1. The lowest BCUT2D eigenvalue weighted by Gasteiger charge is -2.51. The highest BCUT2D eigenvalue weighted by Crippen LogP contribution is 2.41. The number of thiazole rings is 1. The van der Waals surface area contributed by atoms with Crippen LogP contribution in [-0.4, -0.2) is 94.2 Å². The molecule has 0 saturated carbocycles. The summed E-state index contributed by atoms with van der Waals surface area (Å²) in [6, 6.07) is -1.90. The van der Waals surface area contributed by atoms with Crippen molar-refractivity contribution in [1.82, 2.24) is 15.2 Å². The second kappa shape index (κ2) is 8.71. The quantitative estimate of drug-likeness (QED) is 0.214. The molecule has 1 aromatic rings. The van der Waals surface area contributed by atoms with Gasteiger partial charge in [0.15, 0.2) is 16.9 Å². The van der Waals surface area contributed by atoms with E-state index in [4.69, 9.17) is 10.6 Å². The smallest absolute Gasteiger partial charge is 0.331 e. The minimum Gasteiger partial charge on any atom is -0.479 e. The molecule has 1 unspecified atom stereocenters. The molecule has 11 nitrogen and oxygen atoms in total. The Balaban J connectivity index is 1.51. The topological polar surface area (TPSA) is 147 Å². The minimum absolute atomic E-state index is 0.106. The van der Waals surface area contributed by atoms with Crippen LogP contribution in [0.2, 0.25) is 0 Å². The lowest BCUT2D eigenvalue weighted by Crippen LogP contribution is -2.74. The summed E-state index contributed by atoms with van der Waals surface area (Å²) in [6.07, 6.45) is 2.23. The number of aliphatic carboxylic acids is 1. The van der Waals surface area contributed by atoms with Crippen molar-refractivity contribution < 1.29 is 28.8 Å². The maximum absolute atomic E-state index is 12.9. The number of nitrogens with zero attached hydrogens (tertiary/aromatic N) is 4. The molecule has 2 saturated heterocycles. The van der Waals surface area contributed by atoms with Gasteiger partial charge in [-0.2, -0.15) is 0 Å². The number of carboxylic acid groups (broad SMARTS) is 1. The van der Waals surface area contributed by atoms with E-state index in [1.165, 1.54) is 23.8 Å². The van der Waals surface area contributed by atoms with Crippen molar-refractivity contribution in [1.29, 1.82) is 0 Å². The number of hydrogen-bond donors (Lipinski definition) is 3. The van der Waals surface area contributed by atoms with E-state index in [9.17, 15) is 19.5 Å². The molecule has 32 heavy (non-hydrogen) atoms. The van der Waals surface area contributed by atoms with Gasteiger partial charge in [0, 0.05) is 23.8 Å². The standard InChI is InChI=1S/C19H24N6O5S2/c1-25(5-3-4-6-25)7-10-8-31-17-13(16(27)24(17)14(10)18(28)29)22-15(26)12(23-30-2)11-9-32-19(20)21-11/h8-9,13-14,17H,3-7H2,1-2H3,(H3-,20,21,22,26,28,29)/p+1/b23-12-/t13-,14?,17-/m1/s1. The van der Waals surface area contributed by atoms with Crippen LogP contribution in [0.5, 0.6) is 0 Å². The van der Waals surface area contributed by atoms with Crippen LogP contribution in [0.1, 0.15) is 18.5 Å². The van der Waals surface area contributed by atoms with Crippen molar-refractivity contribution in [2.24, 2.45) is 5.16 Å². The zero-order chi connectivity index (χ0) is 23.0. The third-order valence-electron chi connectivity index (χ3n) is 5.96. The summed E-state index contributed by atoms with van der Waals surface area (Å²) in [5, 5.41) is 19.4. The molecule has 1 aromatic heterocycles. The Hall–Kier alpha value is -2.64. The number of amides is 2. The van der Waals surface area contributed by atoms with Crippen molar-refractivity contribution >= 4 is 51.7 Å². The molecule has 3 atom stereocenters. The molecular weight excluding hydrogens is 456 g/mol. The summed E-state index contributed by atoms with van der Waals surface area (Å²) in [5.74, 6) is -2.15. The molecule has 0 radical (unpaired) electrons. The second-order valence-corrected chi connectivity index (χ2v) is 10.2. The normalized spacial score (nSPS) is 26.8. The highest BCUT2D eigenvalue weighted by atomic mass is 32.2. The highest BCUT2D eigenvalue weighted by Gasteiger charge is 2.56. The van der Waals surface area contributed by atoms with Crippen LogP contribution in [0, 0.1) is 0 Å². The van der Waals surface area contributed by atoms with Crippen molar-refractivity contribution in [3.63, 3.8) is 0 Å². The van der Waals surface area contributed by atoms with Gasteiger partial charge >= 0.3 is 5.97 Å². The number of nitrogen functional groups attached to an aromatic ring is 1. The Morgan fingerprint density at radius 2 is 2.16 bits per heavy atom. The summed E-state index contributed by atoms with van der Waals surface area (Å²) in [6.45, 7) is 2.58. The summed E-state index contributed by atoms with van der Waals surface area (Å²) < 4.78 is 0.774. The molecule has 4 rings (SSSR count). The summed E-state index contributed by atoms with van der Waals surface area (Å²) in [4.78, 5) is 48.0. The maximum atomic E-state index is 12.9. The highest BCUT2D eigenvalue weighted by molar-refractivity contribution is 8.03. The number of oxime groups is 1. The number of rotatable bonds is 7. The van der Waals surface area contributed by atoms with Crippen LogP contribution in [0.25, 0.3) is 0 Å².